The van der Waals surface area contributed by atoms with Gasteiger partial charge in [0, 0.05) is 29.7 Å². The molecule has 2 amide bonds. The van der Waals surface area contributed by atoms with Crippen LogP contribution >= 0.6 is 22.6 Å². The van der Waals surface area contributed by atoms with Gasteiger partial charge in [0.25, 0.3) is 11.8 Å². The van der Waals surface area contributed by atoms with Gasteiger partial charge in [-0.15, -0.1) is 0 Å². The minimum Gasteiger partial charge on any atom is -0.507 e. The fourth-order valence-electron chi connectivity index (χ4n) is 2.77. The normalized spacial score (nSPS) is 14.5. The number of rotatable bonds is 2. The third-order valence-corrected chi connectivity index (χ3v) is 5.04. The smallest absolute Gasteiger partial charge is 0.257 e. The van der Waals surface area contributed by atoms with Gasteiger partial charge in [0.05, 0.1) is 11.1 Å². The van der Waals surface area contributed by atoms with Gasteiger partial charge in [0.2, 0.25) is 0 Å². The Balaban J connectivity index is 1.66. The Morgan fingerprint density at radius 2 is 1.48 bits per heavy atom. The zero-order valence-corrected chi connectivity index (χ0v) is 15.4. The van der Waals surface area contributed by atoms with E-state index in [0.29, 0.717) is 35.3 Å². The molecule has 0 radical (unpaired) electrons. The number of phenols is 1. The molecule has 0 aliphatic carbocycles. The zero-order valence-electron chi connectivity index (χ0n) is 13.3. The average molecular weight is 454 g/mol. The Kier molecular flexibility index (Phi) is 5.22. The highest BCUT2D eigenvalue weighted by Crippen LogP contribution is 2.20. The highest BCUT2D eigenvalue weighted by molar-refractivity contribution is 14.1. The molecule has 0 saturated carbocycles. The number of carbonyl (C=O) groups is 2. The lowest BCUT2D eigenvalue weighted by atomic mass is 10.1. The summed E-state index contributed by atoms with van der Waals surface area (Å²) in [5, 5.41) is 9.81. The largest absolute Gasteiger partial charge is 0.507 e. The van der Waals surface area contributed by atoms with Crippen LogP contribution in [0.3, 0.4) is 0 Å². The molecule has 1 N–H and O–H groups in total. The van der Waals surface area contributed by atoms with Gasteiger partial charge in [-0.2, -0.15) is 0 Å². The van der Waals surface area contributed by atoms with E-state index in [4.69, 9.17) is 0 Å². The number of carbonyl (C=O) groups excluding carboxylic acids is 2. The summed E-state index contributed by atoms with van der Waals surface area (Å²) in [6.45, 7) is 1.56. The topological polar surface area (TPSA) is 60.9 Å². The molecule has 3 rings (SSSR count). The highest BCUT2D eigenvalue weighted by atomic mass is 127. The second-order valence-electron chi connectivity index (χ2n) is 5.73. The number of aromatic hydroxyl groups is 1. The Bertz CT molecular complexity index is 820. The maximum absolute atomic E-state index is 13.2. The van der Waals surface area contributed by atoms with Crippen molar-refractivity contribution in [2.24, 2.45) is 0 Å². The quantitative estimate of drug-likeness (QED) is 0.711. The number of piperazine rings is 1. The van der Waals surface area contributed by atoms with E-state index in [2.05, 4.69) is 0 Å². The van der Waals surface area contributed by atoms with E-state index in [-0.39, 0.29) is 28.9 Å². The van der Waals surface area contributed by atoms with Gasteiger partial charge < -0.3 is 14.9 Å². The molecule has 0 unspecified atom stereocenters. The molecular weight excluding hydrogens is 438 g/mol. The van der Waals surface area contributed by atoms with Gasteiger partial charge in [0.1, 0.15) is 11.6 Å². The third-order valence-electron chi connectivity index (χ3n) is 4.15. The molecule has 0 spiro atoms. The first-order valence-electron chi connectivity index (χ1n) is 7.79. The molecule has 1 aliphatic rings. The van der Waals surface area contributed by atoms with Crippen molar-refractivity contribution in [2.45, 2.75) is 0 Å². The summed E-state index contributed by atoms with van der Waals surface area (Å²) in [5.74, 6) is -0.841. The summed E-state index contributed by atoms with van der Waals surface area (Å²) in [5.41, 5.74) is 0.720. The number of hydrogen-bond donors (Lipinski definition) is 1. The van der Waals surface area contributed by atoms with E-state index in [9.17, 15) is 19.1 Å². The van der Waals surface area contributed by atoms with Gasteiger partial charge in [-0.05, 0) is 52.9 Å². The number of nitrogens with zero attached hydrogens (tertiary/aromatic N) is 2. The lowest BCUT2D eigenvalue weighted by Gasteiger charge is -2.35. The third kappa shape index (κ3) is 3.76. The van der Waals surface area contributed by atoms with Crippen molar-refractivity contribution in [2.75, 3.05) is 26.2 Å². The summed E-state index contributed by atoms with van der Waals surface area (Å²) in [6, 6.07) is 10.5. The van der Waals surface area contributed by atoms with Gasteiger partial charge in [0.15, 0.2) is 0 Å². The second kappa shape index (κ2) is 7.38. The predicted molar refractivity (Wildman–Crippen MR) is 99.0 cm³/mol. The summed E-state index contributed by atoms with van der Waals surface area (Å²) < 4.78 is 13.8. The molecule has 1 saturated heterocycles. The van der Waals surface area contributed by atoms with Gasteiger partial charge >= 0.3 is 0 Å². The van der Waals surface area contributed by atoms with Gasteiger partial charge in [-0.25, -0.2) is 4.39 Å². The van der Waals surface area contributed by atoms with Crippen LogP contribution < -0.4 is 0 Å². The average Bonchev–Trinajstić information content (AvgIpc) is 2.61. The van der Waals surface area contributed by atoms with E-state index >= 15 is 0 Å². The van der Waals surface area contributed by atoms with Crippen LogP contribution in [0.1, 0.15) is 20.7 Å². The summed E-state index contributed by atoms with van der Waals surface area (Å²) in [6.07, 6.45) is 0. The lowest BCUT2D eigenvalue weighted by molar-refractivity contribution is 0.0533. The monoisotopic (exact) mass is 454 g/mol. The number of hydrogen-bond acceptors (Lipinski definition) is 3. The maximum atomic E-state index is 13.2. The second-order valence-corrected chi connectivity index (χ2v) is 6.89. The number of amides is 2. The van der Waals surface area contributed by atoms with Crippen molar-refractivity contribution in [1.82, 2.24) is 9.80 Å². The van der Waals surface area contributed by atoms with E-state index in [1.807, 2.05) is 22.6 Å². The Morgan fingerprint density at radius 3 is 2.04 bits per heavy atom. The molecule has 0 aromatic heterocycles. The first-order valence-corrected chi connectivity index (χ1v) is 8.87. The van der Waals surface area contributed by atoms with Crippen molar-refractivity contribution in [3.05, 3.63) is 63.0 Å². The Hall–Kier alpha value is -2.16. The van der Waals surface area contributed by atoms with Crippen molar-refractivity contribution >= 4 is 34.4 Å². The summed E-state index contributed by atoms with van der Waals surface area (Å²) in [7, 11) is 0. The van der Waals surface area contributed by atoms with Crippen LogP contribution in [0.15, 0.2) is 42.5 Å². The fourth-order valence-corrected chi connectivity index (χ4v) is 3.48. The van der Waals surface area contributed by atoms with Gasteiger partial charge in [-0.1, -0.05) is 12.1 Å². The van der Waals surface area contributed by atoms with Crippen molar-refractivity contribution in [3.8, 4) is 5.75 Å². The zero-order chi connectivity index (χ0) is 18.0. The van der Waals surface area contributed by atoms with Crippen LogP contribution in [0.4, 0.5) is 4.39 Å². The molecule has 25 heavy (non-hydrogen) atoms. The van der Waals surface area contributed by atoms with Crippen LogP contribution in [0.5, 0.6) is 5.75 Å². The van der Waals surface area contributed by atoms with E-state index < -0.39 is 0 Å². The molecule has 130 valence electrons. The van der Waals surface area contributed by atoms with Crippen LogP contribution in [0.2, 0.25) is 0 Å². The SMILES string of the molecule is O=C(c1ccccc1O)N1CCN(C(=O)c2ccc(F)cc2I)CC1. The molecule has 2 aromatic rings. The van der Waals surface area contributed by atoms with Crippen LogP contribution in [-0.4, -0.2) is 52.9 Å². The van der Waals surface area contributed by atoms with Crippen LogP contribution in [0.25, 0.3) is 0 Å². The van der Waals surface area contributed by atoms with Crippen molar-refractivity contribution in [1.29, 1.82) is 0 Å². The standard InChI is InChI=1S/C18H16FIN2O3/c19-12-5-6-13(15(20)11-12)17(24)21-7-9-22(10-8-21)18(25)14-3-1-2-4-16(14)23/h1-6,11,23H,7-10H2. The first-order chi connectivity index (χ1) is 12.0. The van der Waals surface area contributed by atoms with Crippen molar-refractivity contribution in [3.63, 3.8) is 0 Å². The fraction of sp³-hybridized carbons (Fsp3) is 0.222. The summed E-state index contributed by atoms with van der Waals surface area (Å²) >= 11 is 1.94. The lowest BCUT2D eigenvalue weighted by Crippen LogP contribution is -2.50. The molecule has 7 heteroatoms. The molecular formula is C18H16FIN2O3. The number of para-hydroxylation sites is 1. The summed E-state index contributed by atoms with van der Waals surface area (Å²) in [4.78, 5) is 28.3. The molecule has 1 heterocycles. The molecule has 0 bridgehead atoms. The molecule has 1 aliphatic heterocycles. The predicted octanol–water partition coefficient (Wildman–Crippen LogP) is 2.73. The first kappa shape index (κ1) is 17.7. The highest BCUT2D eigenvalue weighted by Gasteiger charge is 2.27. The van der Waals surface area contributed by atoms with Crippen LogP contribution in [-0.2, 0) is 0 Å². The van der Waals surface area contributed by atoms with E-state index in [0.717, 1.165) is 0 Å². The van der Waals surface area contributed by atoms with E-state index in [1.165, 1.54) is 24.3 Å². The van der Waals surface area contributed by atoms with Gasteiger partial charge in [-0.3, -0.25) is 9.59 Å². The molecule has 1 fully saturated rings. The Morgan fingerprint density at radius 1 is 0.920 bits per heavy atom. The maximum Gasteiger partial charge on any atom is 0.257 e. The number of benzene rings is 2. The molecule has 2 aromatic carbocycles. The molecule has 0 atom stereocenters. The minimum absolute atomic E-state index is 0.0492. The van der Waals surface area contributed by atoms with E-state index in [1.54, 1.807) is 28.0 Å². The molecule has 5 nitrogen and oxygen atoms in total. The number of halogens is 2. The Labute approximate surface area is 158 Å². The van der Waals surface area contributed by atoms with Crippen LogP contribution in [0, 0.1) is 9.39 Å². The number of phenolic OH excluding ortho intramolecular Hbond substituents is 1. The minimum atomic E-state index is -0.376. The van der Waals surface area contributed by atoms with Crippen molar-refractivity contribution < 1.29 is 19.1 Å².